The molecule has 2 fully saturated rings. The van der Waals surface area contributed by atoms with E-state index in [0.29, 0.717) is 11.7 Å². The van der Waals surface area contributed by atoms with E-state index in [-0.39, 0.29) is 0 Å². The van der Waals surface area contributed by atoms with Crippen molar-refractivity contribution in [3.05, 3.63) is 23.8 Å². The number of methoxy groups -OCH3 is 2. The maximum Gasteiger partial charge on any atom is 0.250 e. The molecule has 0 aliphatic carbocycles. The maximum atomic E-state index is 5.39. The van der Waals surface area contributed by atoms with E-state index in [2.05, 4.69) is 30.3 Å². The minimum absolute atomic E-state index is 0.446. The van der Waals surface area contributed by atoms with Gasteiger partial charge in [0.25, 0.3) is 0 Å². The van der Waals surface area contributed by atoms with E-state index in [1.54, 1.807) is 20.4 Å². The summed E-state index contributed by atoms with van der Waals surface area (Å²) in [6.07, 6.45) is 6.35. The zero-order chi connectivity index (χ0) is 20.1. The Balaban J connectivity index is 1.56. The normalized spacial score (nSPS) is 16.6. The minimum atomic E-state index is 0.446. The molecule has 9 heteroatoms. The predicted octanol–water partition coefficient (Wildman–Crippen LogP) is 2.54. The van der Waals surface area contributed by atoms with Gasteiger partial charge in [0.2, 0.25) is 17.8 Å². The Morgan fingerprint density at radius 1 is 0.897 bits per heavy atom. The van der Waals surface area contributed by atoms with Crippen molar-refractivity contribution in [1.82, 2.24) is 15.0 Å². The van der Waals surface area contributed by atoms with E-state index in [1.165, 1.54) is 25.7 Å². The van der Waals surface area contributed by atoms with Crippen LogP contribution in [0.4, 0.5) is 17.8 Å². The van der Waals surface area contributed by atoms with Crippen molar-refractivity contribution in [3.63, 3.8) is 0 Å². The molecule has 0 amide bonds. The molecule has 2 aliphatic rings. The van der Waals surface area contributed by atoms with Crippen LogP contribution < -0.4 is 24.7 Å². The van der Waals surface area contributed by atoms with Gasteiger partial charge in [-0.05, 0) is 43.9 Å². The fourth-order valence-corrected chi connectivity index (χ4v) is 3.62. The molecule has 9 nitrogen and oxygen atoms in total. The number of hydrazone groups is 1. The quantitative estimate of drug-likeness (QED) is 0.563. The number of nitrogens with one attached hydrogen (secondary N) is 1. The summed E-state index contributed by atoms with van der Waals surface area (Å²) in [6, 6.07) is 5.56. The second kappa shape index (κ2) is 8.93. The Morgan fingerprint density at radius 3 is 2.07 bits per heavy atom. The highest BCUT2D eigenvalue weighted by atomic mass is 16.5. The molecule has 3 heterocycles. The molecule has 0 atom stereocenters. The van der Waals surface area contributed by atoms with Gasteiger partial charge in [-0.15, -0.1) is 0 Å². The lowest BCUT2D eigenvalue weighted by molar-refractivity contribution is 0.402. The molecular weight excluding hydrogens is 370 g/mol. The van der Waals surface area contributed by atoms with Gasteiger partial charge in [-0.25, -0.2) is 5.43 Å². The predicted molar refractivity (Wildman–Crippen MR) is 113 cm³/mol. The topological polar surface area (TPSA) is 88.0 Å². The molecule has 1 N–H and O–H groups in total. The summed E-state index contributed by atoms with van der Waals surface area (Å²) in [5.41, 5.74) is 3.77. The van der Waals surface area contributed by atoms with Gasteiger partial charge >= 0.3 is 0 Å². The molecule has 0 unspecified atom stereocenters. The first-order chi connectivity index (χ1) is 14.3. The van der Waals surface area contributed by atoms with Gasteiger partial charge in [0.1, 0.15) is 11.5 Å². The number of ether oxygens (including phenoxy) is 2. The number of aromatic nitrogens is 3. The highest BCUT2D eigenvalue weighted by Gasteiger charge is 2.21. The number of rotatable bonds is 7. The second-order valence-electron chi connectivity index (χ2n) is 7.13. The number of hydrogen-bond acceptors (Lipinski definition) is 9. The molecule has 2 saturated heterocycles. The van der Waals surface area contributed by atoms with E-state index in [1.807, 2.05) is 18.2 Å². The van der Waals surface area contributed by atoms with Crippen molar-refractivity contribution in [1.29, 1.82) is 0 Å². The van der Waals surface area contributed by atoms with Gasteiger partial charge in [-0.3, -0.25) is 0 Å². The van der Waals surface area contributed by atoms with Crippen LogP contribution in [0.1, 0.15) is 31.2 Å². The molecule has 29 heavy (non-hydrogen) atoms. The molecule has 0 spiro atoms. The van der Waals surface area contributed by atoms with Gasteiger partial charge in [0.05, 0.1) is 20.4 Å². The van der Waals surface area contributed by atoms with Crippen molar-refractivity contribution in [2.24, 2.45) is 5.10 Å². The summed E-state index contributed by atoms with van der Waals surface area (Å²) < 4.78 is 10.7. The minimum Gasteiger partial charge on any atom is -0.497 e. The molecule has 2 aromatic rings. The Morgan fingerprint density at radius 2 is 1.52 bits per heavy atom. The molecule has 1 aromatic heterocycles. The standard InChI is InChI=1S/C20H27N7O2/c1-28-16-7-8-17(29-2)15(13-16)14-21-25-18-22-19(26-9-3-4-10-26)24-20(23-18)27-11-5-6-12-27/h7-8,13-14H,3-6,9-12H2,1-2H3,(H,22,23,24,25)/b21-14-. The SMILES string of the molecule is COc1ccc(OC)c(/C=N\Nc2nc(N3CCCC3)nc(N3CCCC3)n2)c1. The highest BCUT2D eigenvalue weighted by Crippen LogP contribution is 2.24. The van der Waals surface area contributed by atoms with E-state index in [4.69, 9.17) is 14.5 Å². The first kappa shape index (κ1) is 19.2. The van der Waals surface area contributed by atoms with Crippen LogP contribution in [-0.4, -0.2) is 61.6 Å². The van der Waals surface area contributed by atoms with E-state index in [9.17, 15) is 0 Å². The third kappa shape index (κ3) is 4.49. The first-order valence-corrected chi connectivity index (χ1v) is 10.0. The lowest BCUT2D eigenvalue weighted by atomic mass is 10.2. The average molecular weight is 397 g/mol. The van der Waals surface area contributed by atoms with Crippen molar-refractivity contribution < 1.29 is 9.47 Å². The van der Waals surface area contributed by atoms with Crippen LogP contribution in [0.5, 0.6) is 11.5 Å². The van der Waals surface area contributed by atoms with E-state index in [0.717, 1.165) is 49.4 Å². The Labute approximate surface area is 170 Å². The lowest BCUT2D eigenvalue weighted by Gasteiger charge is -2.20. The summed E-state index contributed by atoms with van der Waals surface area (Å²) in [6.45, 7) is 3.92. The Bertz CT molecular complexity index is 828. The average Bonchev–Trinajstić information content (AvgIpc) is 3.47. The molecular formula is C20H27N7O2. The Hall–Kier alpha value is -3.10. The molecule has 0 bridgehead atoms. The highest BCUT2D eigenvalue weighted by molar-refractivity contribution is 5.84. The van der Waals surface area contributed by atoms with Gasteiger partial charge in [0, 0.05) is 31.7 Å². The van der Waals surface area contributed by atoms with E-state index >= 15 is 0 Å². The van der Waals surface area contributed by atoms with Crippen molar-refractivity contribution in [3.8, 4) is 11.5 Å². The smallest absolute Gasteiger partial charge is 0.250 e. The van der Waals surface area contributed by atoms with Crippen LogP contribution in [-0.2, 0) is 0 Å². The van der Waals surface area contributed by atoms with Crippen molar-refractivity contribution in [2.45, 2.75) is 25.7 Å². The first-order valence-electron chi connectivity index (χ1n) is 10.0. The number of nitrogens with zero attached hydrogens (tertiary/aromatic N) is 6. The monoisotopic (exact) mass is 397 g/mol. The fourth-order valence-electron chi connectivity index (χ4n) is 3.62. The molecule has 0 radical (unpaired) electrons. The fraction of sp³-hybridized carbons (Fsp3) is 0.500. The largest absolute Gasteiger partial charge is 0.497 e. The summed E-state index contributed by atoms with van der Waals surface area (Å²) in [7, 11) is 3.26. The van der Waals surface area contributed by atoms with Crippen LogP contribution in [0.15, 0.2) is 23.3 Å². The Kier molecular flexibility index (Phi) is 5.92. The molecule has 1 aromatic carbocycles. The van der Waals surface area contributed by atoms with Crippen LogP contribution >= 0.6 is 0 Å². The van der Waals surface area contributed by atoms with Crippen molar-refractivity contribution in [2.75, 3.05) is 55.6 Å². The summed E-state index contributed by atoms with van der Waals surface area (Å²) in [5.74, 6) is 3.33. The molecule has 154 valence electrons. The molecule has 0 saturated carbocycles. The zero-order valence-corrected chi connectivity index (χ0v) is 17.0. The third-order valence-electron chi connectivity index (χ3n) is 5.19. The van der Waals surface area contributed by atoms with Crippen LogP contribution in [0.25, 0.3) is 0 Å². The number of benzene rings is 1. The lowest BCUT2D eigenvalue weighted by Crippen LogP contribution is -2.25. The molecule has 4 rings (SSSR count). The number of hydrogen-bond donors (Lipinski definition) is 1. The maximum absolute atomic E-state index is 5.39. The summed E-state index contributed by atoms with van der Waals surface area (Å²) >= 11 is 0. The zero-order valence-electron chi connectivity index (χ0n) is 17.0. The summed E-state index contributed by atoms with van der Waals surface area (Å²) in [4.78, 5) is 18.3. The third-order valence-corrected chi connectivity index (χ3v) is 5.19. The van der Waals surface area contributed by atoms with Gasteiger partial charge < -0.3 is 19.3 Å². The van der Waals surface area contributed by atoms with Gasteiger partial charge in [0.15, 0.2) is 0 Å². The van der Waals surface area contributed by atoms with Crippen LogP contribution in [0.3, 0.4) is 0 Å². The second-order valence-corrected chi connectivity index (χ2v) is 7.13. The van der Waals surface area contributed by atoms with Gasteiger partial charge in [-0.2, -0.15) is 20.1 Å². The van der Waals surface area contributed by atoms with Crippen LogP contribution in [0, 0.1) is 0 Å². The van der Waals surface area contributed by atoms with Crippen molar-refractivity contribution >= 4 is 24.1 Å². The summed E-state index contributed by atoms with van der Waals surface area (Å²) in [5, 5.41) is 4.33. The molecule has 2 aliphatic heterocycles. The number of anilines is 3. The van der Waals surface area contributed by atoms with Gasteiger partial charge in [-0.1, -0.05) is 0 Å². The van der Waals surface area contributed by atoms with Crippen LogP contribution in [0.2, 0.25) is 0 Å². The van der Waals surface area contributed by atoms with E-state index < -0.39 is 0 Å².